The van der Waals surface area contributed by atoms with E-state index in [4.69, 9.17) is 16.4 Å². The Hall–Kier alpha value is -1.43. The van der Waals surface area contributed by atoms with E-state index in [1.807, 2.05) is 5.06 Å². The standard InChI is InChI=1S/C15H15ClN2O3/c16-9-4-6-10(7-5-9)18-14(19)12-11-3-1-2-8-17(11)21-13(12)15(18)20/h4-7,11-13H,1-3,8H2/t11-,12-,13+/m0/s1. The highest BCUT2D eigenvalue weighted by Gasteiger charge is 2.59. The maximum atomic E-state index is 12.7. The molecular weight excluding hydrogens is 292 g/mol. The predicted molar refractivity (Wildman–Crippen MR) is 76.7 cm³/mol. The maximum Gasteiger partial charge on any atom is 0.265 e. The van der Waals surface area contributed by atoms with Crippen LogP contribution in [-0.2, 0) is 14.4 Å². The summed E-state index contributed by atoms with van der Waals surface area (Å²) in [5.74, 6) is -0.781. The fourth-order valence-corrected chi connectivity index (χ4v) is 3.68. The van der Waals surface area contributed by atoms with Gasteiger partial charge in [-0.1, -0.05) is 18.0 Å². The number of hydroxylamine groups is 2. The Balaban J connectivity index is 1.66. The molecule has 0 unspecified atom stereocenters. The number of rotatable bonds is 1. The molecule has 3 aliphatic heterocycles. The smallest absolute Gasteiger partial charge is 0.265 e. The molecule has 4 rings (SSSR count). The lowest BCUT2D eigenvalue weighted by Gasteiger charge is -2.30. The van der Waals surface area contributed by atoms with Crippen LogP contribution in [0.5, 0.6) is 0 Å². The molecule has 0 N–H and O–H groups in total. The zero-order valence-electron chi connectivity index (χ0n) is 11.4. The zero-order valence-corrected chi connectivity index (χ0v) is 12.1. The van der Waals surface area contributed by atoms with Crippen LogP contribution in [0.4, 0.5) is 5.69 Å². The van der Waals surface area contributed by atoms with Crippen molar-refractivity contribution in [2.75, 3.05) is 11.4 Å². The third-order valence-electron chi connectivity index (χ3n) is 4.54. The second-order valence-electron chi connectivity index (χ2n) is 5.74. The van der Waals surface area contributed by atoms with Gasteiger partial charge in [-0.15, -0.1) is 0 Å². The van der Waals surface area contributed by atoms with E-state index in [0.29, 0.717) is 10.7 Å². The summed E-state index contributed by atoms with van der Waals surface area (Å²) in [5.41, 5.74) is 0.565. The Bertz CT molecular complexity index is 603. The highest BCUT2D eigenvalue weighted by Crippen LogP contribution is 2.41. The molecule has 3 fully saturated rings. The molecule has 110 valence electrons. The first-order chi connectivity index (χ1) is 10.2. The number of benzene rings is 1. The number of fused-ring (bicyclic) bond motifs is 3. The third kappa shape index (κ3) is 1.92. The van der Waals surface area contributed by atoms with Crippen LogP contribution in [-0.4, -0.2) is 35.6 Å². The topological polar surface area (TPSA) is 49.9 Å². The predicted octanol–water partition coefficient (Wildman–Crippen LogP) is 2.00. The molecule has 3 aliphatic rings. The Labute approximate surface area is 127 Å². The Morgan fingerprint density at radius 3 is 2.62 bits per heavy atom. The average Bonchev–Trinajstić information content (AvgIpc) is 2.98. The van der Waals surface area contributed by atoms with E-state index in [1.54, 1.807) is 24.3 Å². The van der Waals surface area contributed by atoms with Crippen LogP contribution in [0, 0.1) is 5.92 Å². The summed E-state index contributed by atoms with van der Waals surface area (Å²) in [4.78, 5) is 32.2. The summed E-state index contributed by atoms with van der Waals surface area (Å²) in [6.07, 6.45) is 2.39. The van der Waals surface area contributed by atoms with Gasteiger partial charge in [-0.2, -0.15) is 5.06 Å². The van der Waals surface area contributed by atoms with Gasteiger partial charge in [0, 0.05) is 11.6 Å². The van der Waals surface area contributed by atoms with Crippen molar-refractivity contribution >= 4 is 29.1 Å². The normalized spacial score (nSPS) is 32.4. The second kappa shape index (κ2) is 4.80. The molecule has 0 radical (unpaired) electrons. The Morgan fingerprint density at radius 2 is 1.86 bits per heavy atom. The molecule has 21 heavy (non-hydrogen) atoms. The first kappa shape index (κ1) is 13.2. The molecule has 0 spiro atoms. The lowest BCUT2D eigenvalue weighted by Crippen LogP contribution is -2.42. The van der Waals surface area contributed by atoms with E-state index in [2.05, 4.69) is 0 Å². The van der Waals surface area contributed by atoms with Crippen LogP contribution in [0.3, 0.4) is 0 Å². The van der Waals surface area contributed by atoms with Crippen molar-refractivity contribution in [1.29, 1.82) is 0 Å². The van der Waals surface area contributed by atoms with Gasteiger partial charge >= 0.3 is 0 Å². The van der Waals surface area contributed by atoms with Gasteiger partial charge in [-0.25, -0.2) is 4.90 Å². The molecular formula is C15H15ClN2O3. The minimum atomic E-state index is -0.656. The maximum absolute atomic E-state index is 12.7. The van der Waals surface area contributed by atoms with Gasteiger partial charge in [0.2, 0.25) is 5.91 Å². The van der Waals surface area contributed by atoms with Gasteiger partial charge in [0.1, 0.15) is 0 Å². The van der Waals surface area contributed by atoms with Crippen LogP contribution < -0.4 is 4.90 Å². The van der Waals surface area contributed by atoms with Gasteiger partial charge in [-0.3, -0.25) is 14.4 Å². The minimum absolute atomic E-state index is 0.0394. The first-order valence-corrected chi connectivity index (χ1v) is 7.61. The fourth-order valence-electron chi connectivity index (χ4n) is 3.56. The number of halogens is 1. The van der Waals surface area contributed by atoms with Gasteiger partial charge in [0.25, 0.3) is 5.91 Å². The molecule has 3 atom stereocenters. The summed E-state index contributed by atoms with van der Waals surface area (Å²) in [7, 11) is 0. The molecule has 6 heteroatoms. The van der Waals surface area contributed by atoms with Crippen LogP contribution in [0.15, 0.2) is 24.3 Å². The van der Waals surface area contributed by atoms with Crippen LogP contribution in [0.25, 0.3) is 0 Å². The molecule has 0 aliphatic carbocycles. The number of hydrogen-bond acceptors (Lipinski definition) is 4. The van der Waals surface area contributed by atoms with E-state index < -0.39 is 6.10 Å². The SMILES string of the molecule is O=C1[C@@H]2[C@@H](ON3CCCC[C@@H]23)C(=O)N1c1ccc(Cl)cc1. The number of imide groups is 1. The largest absolute Gasteiger partial charge is 0.284 e. The van der Waals surface area contributed by atoms with Crippen LogP contribution in [0.1, 0.15) is 19.3 Å². The fraction of sp³-hybridized carbons (Fsp3) is 0.467. The quantitative estimate of drug-likeness (QED) is 0.745. The summed E-state index contributed by atoms with van der Waals surface area (Å²) in [6.45, 7) is 0.805. The summed E-state index contributed by atoms with van der Waals surface area (Å²) in [6, 6.07) is 6.78. The molecule has 2 amide bonds. The molecule has 1 aromatic rings. The highest BCUT2D eigenvalue weighted by atomic mass is 35.5. The summed E-state index contributed by atoms with van der Waals surface area (Å²) >= 11 is 5.86. The third-order valence-corrected chi connectivity index (χ3v) is 4.79. The molecule has 5 nitrogen and oxygen atoms in total. The van der Waals surface area contributed by atoms with Crippen molar-refractivity contribution in [1.82, 2.24) is 5.06 Å². The lowest BCUT2D eigenvalue weighted by molar-refractivity contribution is -0.177. The van der Waals surface area contributed by atoms with E-state index in [1.165, 1.54) is 4.90 Å². The number of nitrogens with zero attached hydrogens (tertiary/aromatic N) is 2. The van der Waals surface area contributed by atoms with Crippen molar-refractivity contribution in [2.45, 2.75) is 31.4 Å². The highest BCUT2D eigenvalue weighted by molar-refractivity contribution is 6.31. The minimum Gasteiger partial charge on any atom is -0.284 e. The summed E-state index contributed by atoms with van der Waals surface area (Å²) in [5, 5.41) is 2.42. The summed E-state index contributed by atoms with van der Waals surface area (Å²) < 4.78 is 0. The Kier molecular flexibility index (Phi) is 3.03. The Morgan fingerprint density at radius 1 is 1.10 bits per heavy atom. The van der Waals surface area contributed by atoms with Crippen molar-refractivity contribution < 1.29 is 14.4 Å². The van der Waals surface area contributed by atoms with Gasteiger partial charge in [0.05, 0.1) is 17.6 Å². The number of anilines is 1. The van der Waals surface area contributed by atoms with E-state index in [-0.39, 0.29) is 23.8 Å². The van der Waals surface area contributed by atoms with Crippen molar-refractivity contribution in [3.05, 3.63) is 29.3 Å². The number of amides is 2. The van der Waals surface area contributed by atoms with Crippen molar-refractivity contribution in [3.63, 3.8) is 0 Å². The van der Waals surface area contributed by atoms with Crippen LogP contribution >= 0.6 is 11.6 Å². The molecule has 3 saturated heterocycles. The van der Waals surface area contributed by atoms with Gasteiger partial charge in [-0.05, 0) is 37.1 Å². The monoisotopic (exact) mass is 306 g/mol. The van der Waals surface area contributed by atoms with Crippen LogP contribution in [0.2, 0.25) is 5.02 Å². The second-order valence-corrected chi connectivity index (χ2v) is 6.18. The van der Waals surface area contributed by atoms with E-state index in [9.17, 15) is 9.59 Å². The number of carbonyl (C=O) groups excluding carboxylic acids is 2. The average molecular weight is 307 g/mol. The molecule has 1 aromatic carbocycles. The number of piperidine rings is 1. The lowest BCUT2D eigenvalue weighted by atomic mass is 9.90. The zero-order chi connectivity index (χ0) is 14.6. The van der Waals surface area contributed by atoms with Gasteiger partial charge < -0.3 is 0 Å². The molecule has 0 saturated carbocycles. The first-order valence-electron chi connectivity index (χ1n) is 7.23. The van der Waals surface area contributed by atoms with Crippen molar-refractivity contribution in [2.24, 2.45) is 5.92 Å². The molecule has 3 heterocycles. The van der Waals surface area contributed by atoms with Gasteiger partial charge in [0.15, 0.2) is 6.10 Å². The molecule has 0 bridgehead atoms. The number of carbonyl (C=O) groups is 2. The molecule has 0 aromatic heterocycles. The van der Waals surface area contributed by atoms with E-state index in [0.717, 1.165) is 25.8 Å². The van der Waals surface area contributed by atoms with Crippen molar-refractivity contribution in [3.8, 4) is 0 Å². The number of hydrogen-bond donors (Lipinski definition) is 0. The van der Waals surface area contributed by atoms with E-state index >= 15 is 0 Å².